The normalized spacial score (nSPS) is 10.0. The number of aliphatic hydroxyl groups is 1. The highest BCUT2D eigenvalue weighted by atomic mass is 16.3. The first-order valence-electron chi connectivity index (χ1n) is 6.44. The molecule has 2 aromatic rings. The van der Waals surface area contributed by atoms with E-state index in [1.54, 1.807) is 12.1 Å². The van der Waals surface area contributed by atoms with E-state index in [1.807, 2.05) is 41.3 Å². The summed E-state index contributed by atoms with van der Waals surface area (Å²) in [4.78, 5) is 2.03. The number of nitrogen functional groups attached to an aromatic ring is 1. The molecule has 0 aliphatic rings. The molecular formula is C16H17N3O. The number of nitrogens with zero attached hydrogens (tertiary/aromatic N) is 2. The molecule has 2 rings (SSSR count). The maximum atomic E-state index is 9.22. The van der Waals surface area contributed by atoms with Crippen LogP contribution in [0.1, 0.15) is 11.1 Å². The summed E-state index contributed by atoms with van der Waals surface area (Å²) >= 11 is 0. The zero-order valence-electron chi connectivity index (χ0n) is 11.2. The van der Waals surface area contributed by atoms with Crippen molar-refractivity contribution >= 4 is 11.4 Å². The van der Waals surface area contributed by atoms with Crippen LogP contribution in [0.25, 0.3) is 0 Å². The van der Waals surface area contributed by atoms with Crippen molar-refractivity contribution in [3.05, 3.63) is 59.7 Å². The Hall–Kier alpha value is -2.51. The van der Waals surface area contributed by atoms with Crippen molar-refractivity contribution in [3.63, 3.8) is 0 Å². The number of nitrogens with two attached hydrogens (primary N) is 1. The number of benzene rings is 2. The molecule has 0 heterocycles. The van der Waals surface area contributed by atoms with Crippen LogP contribution in [0.15, 0.2) is 48.5 Å². The van der Waals surface area contributed by atoms with Crippen LogP contribution in [0.3, 0.4) is 0 Å². The fourth-order valence-electron chi connectivity index (χ4n) is 2.07. The van der Waals surface area contributed by atoms with E-state index in [9.17, 15) is 5.11 Å². The standard InChI is InChI=1S/C16H17N3O/c17-11-14-6-7-15(10-16(14)18)19(8-9-20)12-13-4-2-1-3-5-13/h1-7,10,20H,8-9,12,18H2. The minimum Gasteiger partial charge on any atom is -0.398 e. The Kier molecular flexibility index (Phi) is 4.59. The molecule has 0 aliphatic heterocycles. The minimum atomic E-state index is 0.0622. The minimum absolute atomic E-state index is 0.0622. The Morgan fingerprint density at radius 3 is 2.50 bits per heavy atom. The second kappa shape index (κ2) is 6.60. The largest absolute Gasteiger partial charge is 0.398 e. The third kappa shape index (κ3) is 3.28. The smallest absolute Gasteiger partial charge is 0.101 e. The van der Waals surface area contributed by atoms with Gasteiger partial charge < -0.3 is 15.7 Å². The van der Waals surface area contributed by atoms with Gasteiger partial charge in [-0.15, -0.1) is 0 Å². The van der Waals surface area contributed by atoms with Crippen LogP contribution < -0.4 is 10.6 Å². The van der Waals surface area contributed by atoms with Gasteiger partial charge in [-0.25, -0.2) is 0 Å². The average Bonchev–Trinajstić information content (AvgIpc) is 2.48. The lowest BCUT2D eigenvalue weighted by molar-refractivity contribution is 0.301. The summed E-state index contributed by atoms with van der Waals surface area (Å²) in [7, 11) is 0. The van der Waals surface area contributed by atoms with Gasteiger partial charge in [-0.2, -0.15) is 5.26 Å². The molecule has 0 bridgehead atoms. The van der Waals surface area contributed by atoms with Gasteiger partial charge >= 0.3 is 0 Å². The Labute approximate surface area is 118 Å². The Morgan fingerprint density at radius 2 is 1.90 bits per heavy atom. The summed E-state index contributed by atoms with van der Waals surface area (Å²) in [5, 5.41) is 18.1. The summed E-state index contributed by atoms with van der Waals surface area (Å²) in [6, 6.07) is 17.4. The summed E-state index contributed by atoms with van der Waals surface area (Å²) in [5.41, 5.74) is 8.84. The van der Waals surface area contributed by atoms with Crippen LogP contribution in [-0.4, -0.2) is 18.3 Å². The first kappa shape index (κ1) is 13.9. The van der Waals surface area contributed by atoms with Gasteiger partial charge in [0.2, 0.25) is 0 Å². The third-order valence-electron chi connectivity index (χ3n) is 3.11. The molecule has 0 atom stereocenters. The van der Waals surface area contributed by atoms with Crippen molar-refractivity contribution in [1.82, 2.24) is 0 Å². The highest BCUT2D eigenvalue weighted by Gasteiger charge is 2.09. The van der Waals surface area contributed by atoms with Crippen molar-refractivity contribution < 1.29 is 5.11 Å². The molecule has 20 heavy (non-hydrogen) atoms. The maximum absolute atomic E-state index is 9.22. The Bertz CT molecular complexity index is 605. The van der Waals surface area contributed by atoms with Crippen LogP contribution in [-0.2, 0) is 6.54 Å². The lowest BCUT2D eigenvalue weighted by Gasteiger charge is -2.24. The SMILES string of the molecule is N#Cc1ccc(N(CCO)Cc2ccccc2)cc1N. The molecule has 2 aromatic carbocycles. The topological polar surface area (TPSA) is 73.3 Å². The number of hydrogen-bond acceptors (Lipinski definition) is 4. The van der Waals surface area contributed by atoms with Gasteiger partial charge in [0.25, 0.3) is 0 Å². The monoisotopic (exact) mass is 267 g/mol. The summed E-state index contributed by atoms with van der Waals surface area (Å²) in [6.07, 6.45) is 0. The molecule has 0 amide bonds. The van der Waals surface area contributed by atoms with Crippen molar-refractivity contribution in [2.24, 2.45) is 0 Å². The number of rotatable bonds is 5. The Balaban J connectivity index is 2.24. The molecule has 0 saturated carbocycles. The van der Waals surface area contributed by atoms with Crippen LogP contribution in [0.4, 0.5) is 11.4 Å². The van der Waals surface area contributed by atoms with Crippen LogP contribution in [0, 0.1) is 11.3 Å². The van der Waals surface area contributed by atoms with Crippen molar-refractivity contribution in [1.29, 1.82) is 5.26 Å². The maximum Gasteiger partial charge on any atom is 0.101 e. The zero-order valence-corrected chi connectivity index (χ0v) is 11.2. The number of nitriles is 1. The lowest BCUT2D eigenvalue weighted by Crippen LogP contribution is -2.26. The average molecular weight is 267 g/mol. The first-order valence-corrected chi connectivity index (χ1v) is 6.44. The quantitative estimate of drug-likeness (QED) is 0.814. The summed E-state index contributed by atoms with van der Waals surface area (Å²) in [5.74, 6) is 0. The molecule has 3 N–H and O–H groups in total. The van der Waals surface area contributed by atoms with E-state index in [1.165, 1.54) is 0 Å². The predicted molar refractivity (Wildman–Crippen MR) is 80.1 cm³/mol. The van der Waals surface area contributed by atoms with Crippen molar-refractivity contribution in [3.8, 4) is 6.07 Å². The van der Waals surface area contributed by atoms with E-state index in [4.69, 9.17) is 11.0 Å². The van der Waals surface area contributed by atoms with Gasteiger partial charge in [-0.3, -0.25) is 0 Å². The van der Waals surface area contributed by atoms with E-state index in [0.717, 1.165) is 11.3 Å². The van der Waals surface area contributed by atoms with Crippen LogP contribution >= 0.6 is 0 Å². The molecule has 0 unspecified atom stereocenters. The molecule has 0 saturated heterocycles. The van der Waals surface area contributed by atoms with Crippen molar-refractivity contribution in [2.45, 2.75) is 6.54 Å². The van der Waals surface area contributed by atoms with Crippen molar-refractivity contribution in [2.75, 3.05) is 23.8 Å². The molecule has 102 valence electrons. The summed E-state index contributed by atoms with van der Waals surface area (Å²) in [6.45, 7) is 1.26. The number of aliphatic hydroxyl groups excluding tert-OH is 1. The number of hydrogen-bond donors (Lipinski definition) is 2. The molecule has 0 fully saturated rings. The first-order chi connectivity index (χ1) is 9.74. The molecule has 4 nitrogen and oxygen atoms in total. The second-order valence-electron chi connectivity index (χ2n) is 4.51. The molecule has 0 aliphatic carbocycles. The third-order valence-corrected chi connectivity index (χ3v) is 3.11. The predicted octanol–water partition coefficient (Wildman–Crippen LogP) is 2.14. The Morgan fingerprint density at radius 1 is 1.15 bits per heavy atom. The molecule has 0 radical (unpaired) electrons. The van der Waals surface area contributed by atoms with E-state index < -0.39 is 0 Å². The second-order valence-corrected chi connectivity index (χ2v) is 4.51. The summed E-state index contributed by atoms with van der Waals surface area (Å²) < 4.78 is 0. The molecule has 4 heteroatoms. The van der Waals surface area contributed by atoms with Crippen LogP contribution in [0.5, 0.6) is 0 Å². The molecule has 0 spiro atoms. The van der Waals surface area contributed by atoms with Gasteiger partial charge in [-0.1, -0.05) is 30.3 Å². The molecular weight excluding hydrogens is 250 g/mol. The van der Waals surface area contributed by atoms with E-state index in [0.29, 0.717) is 24.3 Å². The van der Waals surface area contributed by atoms with Gasteiger partial charge in [-0.05, 0) is 23.8 Å². The van der Waals surface area contributed by atoms with Crippen LogP contribution in [0.2, 0.25) is 0 Å². The highest BCUT2D eigenvalue weighted by Crippen LogP contribution is 2.22. The van der Waals surface area contributed by atoms with E-state index in [-0.39, 0.29) is 6.61 Å². The highest BCUT2D eigenvalue weighted by molar-refractivity contribution is 5.63. The van der Waals surface area contributed by atoms with E-state index in [2.05, 4.69) is 6.07 Å². The molecule has 0 aromatic heterocycles. The van der Waals surface area contributed by atoms with Gasteiger partial charge in [0, 0.05) is 18.8 Å². The van der Waals surface area contributed by atoms with Gasteiger partial charge in [0.15, 0.2) is 0 Å². The number of anilines is 2. The van der Waals surface area contributed by atoms with E-state index >= 15 is 0 Å². The zero-order chi connectivity index (χ0) is 14.4. The van der Waals surface area contributed by atoms with Gasteiger partial charge in [0.05, 0.1) is 17.9 Å². The fourth-order valence-corrected chi connectivity index (χ4v) is 2.07. The lowest BCUT2D eigenvalue weighted by atomic mass is 10.1. The fraction of sp³-hybridized carbons (Fsp3) is 0.188. The van der Waals surface area contributed by atoms with Gasteiger partial charge in [0.1, 0.15) is 6.07 Å².